The molecule has 2 aromatic rings. The summed E-state index contributed by atoms with van der Waals surface area (Å²) < 4.78 is 2.80. The Morgan fingerprint density at radius 2 is 2.25 bits per heavy atom. The molecule has 84 valence electrons. The van der Waals surface area contributed by atoms with Crippen molar-refractivity contribution in [2.24, 2.45) is 7.05 Å². The van der Waals surface area contributed by atoms with Gasteiger partial charge in [0.15, 0.2) is 5.82 Å². The van der Waals surface area contributed by atoms with Crippen LogP contribution in [0.25, 0.3) is 0 Å². The number of aromatic nitrogens is 3. The van der Waals surface area contributed by atoms with Crippen LogP contribution >= 0.6 is 15.9 Å². The number of halogens is 1. The van der Waals surface area contributed by atoms with Crippen molar-refractivity contribution in [1.29, 1.82) is 0 Å². The van der Waals surface area contributed by atoms with Crippen LogP contribution in [0.1, 0.15) is 11.4 Å². The van der Waals surface area contributed by atoms with Gasteiger partial charge in [0.25, 0.3) is 0 Å². The van der Waals surface area contributed by atoms with E-state index in [0.29, 0.717) is 6.54 Å². The molecule has 0 saturated carbocycles. The van der Waals surface area contributed by atoms with Crippen molar-refractivity contribution in [3.8, 4) is 0 Å². The van der Waals surface area contributed by atoms with E-state index < -0.39 is 0 Å². The Balaban J connectivity index is 1.84. The second kappa shape index (κ2) is 5.23. The monoisotopic (exact) mass is 280 g/mol. The van der Waals surface area contributed by atoms with Gasteiger partial charge in [-0.1, -0.05) is 28.1 Å². The van der Waals surface area contributed by atoms with E-state index in [2.05, 4.69) is 43.5 Å². The third kappa shape index (κ3) is 3.15. The van der Waals surface area contributed by atoms with Gasteiger partial charge in [0.05, 0.1) is 6.54 Å². The molecule has 0 bridgehead atoms. The molecule has 1 aromatic heterocycles. The molecule has 0 atom stereocenters. The predicted molar refractivity (Wildman–Crippen MR) is 65.7 cm³/mol. The SMILES string of the molecule is Cn1cnc(CNCc2cccc(Br)c2)n1. The molecule has 5 heteroatoms. The molecule has 0 unspecified atom stereocenters. The van der Waals surface area contributed by atoms with Gasteiger partial charge in [-0.25, -0.2) is 4.98 Å². The van der Waals surface area contributed by atoms with E-state index in [1.807, 2.05) is 19.2 Å². The average Bonchev–Trinajstić information content (AvgIpc) is 2.64. The van der Waals surface area contributed by atoms with E-state index in [4.69, 9.17) is 0 Å². The average molecular weight is 281 g/mol. The zero-order chi connectivity index (χ0) is 11.4. The van der Waals surface area contributed by atoms with Crippen LogP contribution < -0.4 is 5.32 Å². The molecule has 16 heavy (non-hydrogen) atoms. The summed E-state index contributed by atoms with van der Waals surface area (Å²) in [5.74, 6) is 0.817. The predicted octanol–water partition coefficient (Wildman–Crippen LogP) is 1.87. The highest BCUT2D eigenvalue weighted by Crippen LogP contribution is 2.11. The van der Waals surface area contributed by atoms with Crippen LogP contribution in [0.3, 0.4) is 0 Å². The molecule has 2 rings (SSSR count). The Kier molecular flexibility index (Phi) is 3.69. The van der Waals surface area contributed by atoms with Crippen LogP contribution in [0, 0.1) is 0 Å². The zero-order valence-corrected chi connectivity index (χ0v) is 10.6. The Bertz CT molecular complexity index is 467. The van der Waals surface area contributed by atoms with Crippen molar-refractivity contribution in [1.82, 2.24) is 20.1 Å². The minimum atomic E-state index is 0.688. The quantitative estimate of drug-likeness (QED) is 0.930. The molecule has 0 aliphatic heterocycles. The number of hydrogen-bond acceptors (Lipinski definition) is 3. The van der Waals surface area contributed by atoms with E-state index >= 15 is 0 Å². The molecule has 1 heterocycles. The van der Waals surface area contributed by atoms with Gasteiger partial charge in [0.1, 0.15) is 6.33 Å². The smallest absolute Gasteiger partial charge is 0.164 e. The summed E-state index contributed by atoms with van der Waals surface area (Å²) in [4.78, 5) is 4.14. The first-order chi connectivity index (χ1) is 7.74. The molecular weight excluding hydrogens is 268 g/mol. The van der Waals surface area contributed by atoms with Crippen LogP contribution in [0.5, 0.6) is 0 Å². The van der Waals surface area contributed by atoms with Crippen LogP contribution in [-0.4, -0.2) is 14.8 Å². The summed E-state index contributed by atoms with van der Waals surface area (Å²) in [6, 6.07) is 8.23. The first-order valence-corrected chi connectivity index (χ1v) is 5.83. The largest absolute Gasteiger partial charge is 0.306 e. The maximum Gasteiger partial charge on any atom is 0.164 e. The van der Waals surface area contributed by atoms with Crippen LogP contribution in [0.4, 0.5) is 0 Å². The first-order valence-electron chi connectivity index (χ1n) is 5.04. The Morgan fingerprint density at radius 3 is 2.94 bits per heavy atom. The first kappa shape index (κ1) is 11.3. The fourth-order valence-corrected chi connectivity index (χ4v) is 1.88. The lowest BCUT2D eigenvalue weighted by atomic mass is 10.2. The van der Waals surface area contributed by atoms with Crippen molar-refractivity contribution in [2.75, 3.05) is 0 Å². The number of benzene rings is 1. The summed E-state index contributed by atoms with van der Waals surface area (Å²) in [6.45, 7) is 1.51. The van der Waals surface area contributed by atoms with Crippen molar-refractivity contribution in [3.05, 3.63) is 46.5 Å². The van der Waals surface area contributed by atoms with Crippen molar-refractivity contribution < 1.29 is 0 Å². The second-order valence-corrected chi connectivity index (χ2v) is 4.48. The number of nitrogens with zero attached hydrogens (tertiary/aromatic N) is 3. The summed E-state index contributed by atoms with van der Waals surface area (Å²) in [5, 5.41) is 7.49. The molecule has 1 aromatic carbocycles. The molecule has 0 radical (unpaired) electrons. The van der Waals surface area contributed by atoms with Gasteiger partial charge in [-0.2, -0.15) is 5.10 Å². The Labute approximate surface area is 103 Å². The van der Waals surface area contributed by atoms with Gasteiger partial charge in [0.2, 0.25) is 0 Å². The highest BCUT2D eigenvalue weighted by atomic mass is 79.9. The van der Waals surface area contributed by atoms with E-state index in [0.717, 1.165) is 16.8 Å². The molecule has 0 spiro atoms. The highest BCUT2D eigenvalue weighted by Gasteiger charge is 1.98. The molecule has 1 N–H and O–H groups in total. The second-order valence-electron chi connectivity index (χ2n) is 3.57. The molecule has 0 aliphatic carbocycles. The molecule has 0 fully saturated rings. The van der Waals surface area contributed by atoms with Crippen molar-refractivity contribution in [3.63, 3.8) is 0 Å². The third-order valence-corrected chi connectivity index (χ3v) is 2.64. The maximum absolute atomic E-state index is 4.19. The minimum Gasteiger partial charge on any atom is -0.306 e. The molecule has 0 saturated heterocycles. The van der Waals surface area contributed by atoms with E-state index in [9.17, 15) is 0 Å². The van der Waals surface area contributed by atoms with Gasteiger partial charge in [-0.15, -0.1) is 0 Å². The van der Waals surface area contributed by atoms with E-state index in [1.165, 1.54) is 5.56 Å². The Hall–Kier alpha value is -1.20. The fraction of sp³-hybridized carbons (Fsp3) is 0.273. The number of hydrogen-bond donors (Lipinski definition) is 1. The van der Waals surface area contributed by atoms with E-state index in [-0.39, 0.29) is 0 Å². The lowest BCUT2D eigenvalue weighted by Gasteiger charge is -2.02. The number of nitrogens with one attached hydrogen (secondary N) is 1. The van der Waals surface area contributed by atoms with Crippen LogP contribution in [0.15, 0.2) is 35.1 Å². The lowest BCUT2D eigenvalue weighted by Crippen LogP contribution is -2.13. The maximum atomic E-state index is 4.19. The summed E-state index contributed by atoms with van der Waals surface area (Å²) in [5.41, 5.74) is 1.24. The summed E-state index contributed by atoms with van der Waals surface area (Å²) >= 11 is 3.45. The van der Waals surface area contributed by atoms with Gasteiger partial charge in [0, 0.05) is 18.1 Å². The molecule has 0 amide bonds. The van der Waals surface area contributed by atoms with E-state index in [1.54, 1.807) is 11.0 Å². The van der Waals surface area contributed by atoms with Gasteiger partial charge < -0.3 is 5.32 Å². The zero-order valence-electron chi connectivity index (χ0n) is 9.02. The number of rotatable bonds is 4. The lowest BCUT2D eigenvalue weighted by molar-refractivity contribution is 0.649. The summed E-state index contributed by atoms with van der Waals surface area (Å²) in [7, 11) is 1.87. The topological polar surface area (TPSA) is 42.7 Å². The standard InChI is InChI=1S/C11H13BrN4/c1-16-8-14-11(15-16)7-13-6-9-3-2-4-10(12)5-9/h2-5,8,13H,6-7H2,1H3. The highest BCUT2D eigenvalue weighted by molar-refractivity contribution is 9.10. The molecule has 0 aliphatic rings. The summed E-state index contributed by atoms with van der Waals surface area (Å²) in [6.07, 6.45) is 1.70. The van der Waals surface area contributed by atoms with Crippen molar-refractivity contribution >= 4 is 15.9 Å². The van der Waals surface area contributed by atoms with Crippen LogP contribution in [-0.2, 0) is 20.1 Å². The normalized spacial score (nSPS) is 10.6. The Morgan fingerprint density at radius 1 is 1.38 bits per heavy atom. The molecular formula is C11H13BrN4. The third-order valence-electron chi connectivity index (χ3n) is 2.15. The minimum absolute atomic E-state index is 0.688. The molecule has 4 nitrogen and oxygen atoms in total. The fourth-order valence-electron chi connectivity index (χ4n) is 1.43. The van der Waals surface area contributed by atoms with Crippen molar-refractivity contribution in [2.45, 2.75) is 13.1 Å². The van der Waals surface area contributed by atoms with Gasteiger partial charge in [-0.3, -0.25) is 4.68 Å². The van der Waals surface area contributed by atoms with Gasteiger partial charge >= 0.3 is 0 Å². The van der Waals surface area contributed by atoms with Gasteiger partial charge in [-0.05, 0) is 17.7 Å². The van der Waals surface area contributed by atoms with Crippen LogP contribution in [0.2, 0.25) is 0 Å². The number of aryl methyl sites for hydroxylation is 1.